The van der Waals surface area contributed by atoms with Gasteiger partial charge in [0.1, 0.15) is 24.2 Å². The van der Waals surface area contributed by atoms with Gasteiger partial charge < -0.3 is 23.4 Å². The van der Waals surface area contributed by atoms with Crippen LogP contribution in [0.25, 0.3) is 11.7 Å². The molecule has 0 bridgehead atoms. The molecule has 10 heteroatoms. The van der Waals surface area contributed by atoms with Gasteiger partial charge in [-0.1, -0.05) is 17.7 Å². The number of piperazine rings is 1. The van der Waals surface area contributed by atoms with Gasteiger partial charge in [0.05, 0.1) is 4.88 Å². The van der Waals surface area contributed by atoms with Crippen LogP contribution in [0.15, 0.2) is 62.7 Å². The average molecular weight is 495 g/mol. The Morgan fingerprint density at radius 2 is 1.91 bits per heavy atom. The van der Waals surface area contributed by atoms with Crippen LogP contribution in [-0.2, 0) is 6.61 Å². The normalized spacial score (nSPS) is 13.6. The van der Waals surface area contributed by atoms with Gasteiger partial charge in [0.2, 0.25) is 11.6 Å². The fourth-order valence-corrected chi connectivity index (χ4v) is 4.45. The van der Waals surface area contributed by atoms with Crippen molar-refractivity contribution in [3.63, 3.8) is 0 Å². The summed E-state index contributed by atoms with van der Waals surface area (Å²) < 4.78 is 17.5. The number of furan rings is 1. The maximum atomic E-state index is 12.6. The molecular formula is C24H19ClN4O4S. The van der Waals surface area contributed by atoms with Crippen LogP contribution in [0.4, 0.5) is 5.88 Å². The zero-order chi connectivity index (χ0) is 23.5. The summed E-state index contributed by atoms with van der Waals surface area (Å²) >= 11 is 7.32. The van der Waals surface area contributed by atoms with Gasteiger partial charge in [0.25, 0.3) is 11.8 Å². The molecule has 1 aliphatic heterocycles. The Bertz CT molecular complexity index is 1320. The first-order valence-corrected chi connectivity index (χ1v) is 11.8. The summed E-state index contributed by atoms with van der Waals surface area (Å²) in [4.78, 5) is 21.4. The molecule has 0 N–H and O–H groups in total. The number of hydrogen-bond donors (Lipinski definition) is 0. The van der Waals surface area contributed by atoms with E-state index >= 15 is 0 Å². The summed E-state index contributed by atoms with van der Waals surface area (Å²) in [5.74, 6) is 2.30. The highest BCUT2D eigenvalue weighted by Crippen LogP contribution is 2.30. The van der Waals surface area contributed by atoms with Crippen molar-refractivity contribution in [1.29, 1.82) is 5.26 Å². The topological polar surface area (TPSA) is 95.7 Å². The smallest absolute Gasteiger partial charge is 0.266 e. The Balaban J connectivity index is 1.25. The molecule has 0 spiro atoms. The third kappa shape index (κ3) is 4.64. The van der Waals surface area contributed by atoms with Crippen LogP contribution in [0.5, 0.6) is 5.75 Å². The molecule has 0 saturated carbocycles. The van der Waals surface area contributed by atoms with E-state index in [2.05, 4.69) is 11.1 Å². The van der Waals surface area contributed by atoms with Crippen molar-refractivity contribution in [2.45, 2.75) is 6.61 Å². The number of nitrogens with zero attached hydrogens (tertiary/aromatic N) is 4. The number of oxazole rings is 1. The average Bonchev–Trinajstić information content (AvgIpc) is 3.64. The zero-order valence-electron chi connectivity index (χ0n) is 17.9. The number of halogens is 1. The number of carbonyl (C=O) groups excluding carboxylic acids is 1. The summed E-state index contributed by atoms with van der Waals surface area (Å²) in [6.07, 6.45) is 0. The number of thiophene rings is 1. The van der Waals surface area contributed by atoms with E-state index in [4.69, 9.17) is 25.2 Å². The molecule has 1 fully saturated rings. The van der Waals surface area contributed by atoms with Gasteiger partial charge in [-0.05, 0) is 47.8 Å². The summed E-state index contributed by atoms with van der Waals surface area (Å²) in [5, 5.41) is 12.1. The molecule has 0 radical (unpaired) electrons. The van der Waals surface area contributed by atoms with E-state index in [-0.39, 0.29) is 24.1 Å². The number of benzene rings is 1. The third-order valence-corrected chi connectivity index (χ3v) is 6.48. The van der Waals surface area contributed by atoms with E-state index < -0.39 is 0 Å². The third-order valence-electron chi connectivity index (χ3n) is 5.37. The lowest BCUT2D eigenvalue weighted by atomic mass is 10.3. The number of nitriles is 1. The second kappa shape index (κ2) is 9.63. The number of hydrogen-bond acceptors (Lipinski definition) is 8. The molecule has 1 aromatic carbocycles. The van der Waals surface area contributed by atoms with Crippen molar-refractivity contribution in [1.82, 2.24) is 9.88 Å². The number of rotatable bonds is 6. The summed E-state index contributed by atoms with van der Waals surface area (Å²) in [6, 6.07) is 16.4. The Labute approximate surface area is 204 Å². The molecule has 5 rings (SSSR count). The van der Waals surface area contributed by atoms with E-state index in [0.29, 0.717) is 54.4 Å². The van der Waals surface area contributed by atoms with Crippen molar-refractivity contribution in [2.24, 2.45) is 0 Å². The Morgan fingerprint density at radius 1 is 1.12 bits per heavy atom. The van der Waals surface area contributed by atoms with Gasteiger partial charge in [-0.2, -0.15) is 10.2 Å². The van der Waals surface area contributed by atoms with Gasteiger partial charge >= 0.3 is 0 Å². The van der Waals surface area contributed by atoms with E-state index in [1.54, 1.807) is 36.4 Å². The molecule has 0 aliphatic carbocycles. The Kier molecular flexibility index (Phi) is 6.25. The maximum absolute atomic E-state index is 12.6. The summed E-state index contributed by atoms with van der Waals surface area (Å²) in [6.45, 7) is 2.37. The monoisotopic (exact) mass is 494 g/mol. The van der Waals surface area contributed by atoms with Crippen molar-refractivity contribution < 1.29 is 18.4 Å². The number of carbonyl (C=O) groups is 1. The molecule has 34 heavy (non-hydrogen) atoms. The van der Waals surface area contributed by atoms with E-state index in [9.17, 15) is 10.1 Å². The lowest BCUT2D eigenvalue weighted by molar-refractivity contribution is 0.0750. The molecule has 3 aromatic heterocycles. The molecule has 1 aliphatic rings. The van der Waals surface area contributed by atoms with Crippen LogP contribution in [0.3, 0.4) is 0 Å². The first kappa shape index (κ1) is 22.1. The van der Waals surface area contributed by atoms with E-state index in [1.165, 1.54) is 11.3 Å². The van der Waals surface area contributed by atoms with Crippen molar-refractivity contribution >= 4 is 34.7 Å². The SMILES string of the molecule is N#Cc1nc(-c2ccc(COc3ccc(Cl)cc3)o2)oc1N1CCN(C(=O)c2cccs2)CC1. The van der Waals surface area contributed by atoms with Gasteiger partial charge in [-0.25, -0.2) is 0 Å². The van der Waals surface area contributed by atoms with Crippen molar-refractivity contribution in [3.8, 4) is 23.5 Å². The molecular weight excluding hydrogens is 476 g/mol. The largest absolute Gasteiger partial charge is 0.486 e. The number of aromatic nitrogens is 1. The molecule has 172 valence electrons. The first-order valence-electron chi connectivity index (χ1n) is 10.6. The fourth-order valence-electron chi connectivity index (χ4n) is 3.63. The van der Waals surface area contributed by atoms with Crippen LogP contribution in [0.1, 0.15) is 21.1 Å². The molecule has 1 amide bonds. The second-order valence-corrected chi connectivity index (χ2v) is 8.93. The maximum Gasteiger partial charge on any atom is 0.266 e. The first-order chi connectivity index (χ1) is 16.6. The van der Waals surface area contributed by atoms with Gasteiger partial charge in [0, 0.05) is 31.2 Å². The van der Waals surface area contributed by atoms with Crippen molar-refractivity contribution in [2.75, 3.05) is 31.1 Å². The highest BCUT2D eigenvalue weighted by Gasteiger charge is 2.28. The molecule has 8 nitrogen and oxygen atoms in total. The zero-order valence-corrected chi connectivity index (χ0v) is 19.5. The number of ether oxygens (including phenoxy) is 1. The Morgan fingerprint density at radius 3 is 2.62 bits per heavy atom. The minimum Gasteiger partial charge on any atom is -0.486 e. The lowest BCUT2D eigenvalue weighted by Crippen LogP contribution is -2.48. The highest BCUT2D eigenvalue weighted by atomic mass is 35.5. The summed E-state index contributed by atoms with van der Waals surface area (Å²) in [5.41, 5.74) is 0.184. The van der Waals surface area contributed by atoms with Crippen LogP contribution >= 0.6 is 22.9 Å². The number of anilines is 1. The molecule has 1 saturated heterocycles. The second-order valence-electron chi connectivity index (χ2n) is 7.55. The lowest BCUT2D eigenvalue weighted by Gasteiger charge is -2.34. The number of amides is 1. The van der Waals surface area contributed by atoms with Crippen LogP contribution in [-0.4, -0.2) is 42.0 Å². The predicted octanol–water partition coefficient (Wildman–Crippen LogP) is 5.06. The highest BCUT2D eigenvalue weighted by molar-refractivity contribution is 7.12. The molecule has 0 atom stereocenters. The van der Waals surface area contributed by atoms with Crippen LogP contribution in [0, 0.1) is 11.3 Å². The predicted molar refractivity (Wildman–Crippen MR) is 127 cm³/mol. The van der Waals surface area contributed by atoms with Crippen LogP contribution < -0.4 is 9.64 Å². The van der Waals surface area contributed by atoms with Crippen molar-refractivity contribution in [3.05, 3.63) is 75.3 Å². The Hall–Kier alpha value is -3.74. The molecule has 4 heterocycles. The standard InChI is InChI=1S/C24H19ClN4O4S/c25-16-3-5-17(6-4-16)31-15-18-7-8-20(32-18)22-27-19(14-26)24(33-22)29-11-9-28(10-12-29)23(30)21-2-1-13-34-21/h1-8,13H,9-12,15H2. The van der Waals surface area contributed by atoms with Gasteiger partial charge in [-0.15, -0.1) is 11.3 Å². The van der Waals surface area contributed by atoms with E-state index in [0.717, 1.165) is 4.88 Å². The van der Waals surface area contributed by atoms with Gasteiger partial charge in [0.15, 0.2) is 5.76 Å². The quantitative estimate of drug-likeness (QED) is 0.369. The minimum absolute atomic E-state index is 0.0253. The molecule has 4 aromatic rings. The fraction of sp³-hybridized carbons (Fsp3) is 0.208. The summed E-state index contributed by atoms with van der Waals surface area (Å²) in [7, 11) is 0. The van der Waals surface area contributed by atoms with Crippen LogP contribution in [0.2, 0.25) is 5.02 Å². The van der Waals surface area contributed by atoms with E-state index in [1.807, 2.05) is 27.3 Å². The van der Waals surface area contributed by atoms with Gasteiger partial charge in [-0.3, -0.25) is 4.79 Å². The molecule has 0 unspecified atom stereocenters. The minimum atomic E-state index is 0.0253.